The largest absolute Gasteiger partial charge is 0.493 e. The van der Waals surface area contributed by atoms with Gasteiger partial charge in [-0.15, -0.1) is 0 Å². The molecule has 3 aromatic rings. The van der Waals surface area contributed by atoms with E-state index in [-0.39, 0.29) is 0 Å². The average molecular weight is 391 g/mol. The Morgan fingerprint density at radius 3 is 2.72 bits per heavy atom. The van der Waals surface area contributed by atoms with Crippen molar-refractivity contribution >= 4 is 11.9 Å². The summed E-state index contributed by atoms with van der Waals surface area (Å²) in [7, 11) is 1.58. The van der Waals surface area contributed by atoms with E-state index in [1.807, 2.05) is 48.5 Å². The number of hydrogen-bond acceptors (Lipinski definition) is 6. The Balaban J connectivity index is 1.69. The Morgan fingerprint density at radius 2 is 2.00 bits per heavy atom. The van der Waals surface area contributed by atoms with E-state index >= 15 is 0 Å². The van der Waals surface area contributed by atoms with E-state index in [9.17, 15) is 4.79 Å². The molecule has 29 heavy (non-hydrogen) atoms. The third kappa shape index (κ3) is 3.52. The summed E-state index contributed by atoms with van der Waals surface area (Å²) < 4.78 is 13.1. The molecule has 0 saturated heterocycles. The molecule has 2 aromatic carbocycles. The third-order valence-corrected chi connectivity index (χ3v) is 4.80. The molecule has 1 amide bonds. The number of rotatable bonds is 6. The summed E-state index contributed by atoms with van der Waals surface area (Å²) in [6.45, 7) is 2.21. The third-order valence-electron chi connectivity index (χ3n) is 4.80. The average Bonchev–Trinajstić information content (AvgIpc) is 3.19. The van der Waals surface area contributed by atoms with Gasteiger partial charge in [-0.3, -0.25) is 4.79 Å². The van der Waals surface area contributed by atoms with Gasteiger partial charge in [0.1, 0.15) is 19.0 Å². The number of nitrogens with two attached hydrogens (primary N) is 1. The first kappa shape index (κ1) is 18.5. The fourth-order valence-electron chi connectivity index (χ4n) is 3.43. The summed E-state index contributed by atoms with van der Waals surface area (Å²) in [5.74, 6) is 1.18. The van der Waals surface area contributed by atoms with Crippen LogP contribution in [0.15, 0.2) is 66.1 Å². The fraction of sp³-hybridized carbons (Fsp3) is 0.190. The first-order chi connectivity index (χ1) is 14.1. The SMILES string of the molecule is COc1cc([C@@H]2C(C(N)=O)=C(C)Nc3ncnn32)ccc1OCc1ccccc1. The molecule has 0 fully saturated rings. The summed E-state index contributed by atoms with van der Waals surface area (Å²) in [6.07, 6.45) is 1.43. The molecule has 8 heteroatoms. The van der Waals surface area contributed by atoms with Gasteiger partial charge in [-0.1, -0.05) is 36.4 Å². The van der Waals surface area contributed by atoms with Crippen LogP contribution >= 0.6 is 0 Å². The van der Waals surface area contributed by atoms with Crippen LogP contribution in [0.2, 0.25) is 0 Å². The van der Waals surface area contributed by atoms with Crippen molar-refractivity contribution in [1.82, 2.24) is 14.8 Å². The molecule has 0 bridgehead atoms. The standard InChI is InChI=1S/C21H21N5O3/c1-13-18(20(22)27)19(26-21(25-13)23-12-24-26)15-8-9-16(17(10-15)28-2)29-11-14-6-4-3-5-7-14/h3-10,12,19H,11H2,1-2H3,(H2,22,27)(H,23,24,25)/t19-/m1/s1. The molecule has 4 rings (SSSR count). The lowest BCUT2D eigenvalue weighted by molar-refractivity contribution is -0.115. The van der Waals surface area contributed by atoms with Crippen molar-refractivity contribution in [3.8, 4) is 11.5 Å². The molecule has 0 saturated carbocycles. The molecule has 1 atom stereocenters. The molecule has 1 aliphatic rings. The van der Waals surface area contributed by atoms with E-state index in [2.05, 4.69) is 15.4 Å². The smallest absolute Gasteiger partial charge is 0.248 e. The number of primary amides is 1. The molecule has 3 N–H and O–H groups in total. The van der Waals surface area contributed by atoms with Crippen molar-refractivity contribution < 1.29 is 14.3 Å². The Kier molecular flexibility index (Phi) is 4.90. The quantitative estimate of drug-likeness (QED) is 0.669. The number of nitrogens with zero attached hydrogens (tertiary/aromatic N) is 3. The van der Waals surface area contributed by atoms with Crippen molar-refractivity contribution in [3.05, 3.63) is 77.3 Å². The molecular formula is C21H21N5O3. The number of carbonyl (C=O) groups excluding carboxylic acids is 1. The van der Waals surface area contributed by atoms with E-state index in [1.54, 1.807) is 18.7 Å². The number of methoxy groups -OCH3 is 1. The van der Waals surface area contributed by atoms with E-state index in [4.69, 9.17) is 15.2 Å². The number of hydrogen-bond donors (Lipinski definition) is 2. The number of carbonyl (C=O) groups is 1. The Morgan fingerprint density at radius 1 is 1.21 bits per heavy atom. The van der Waals surface area contributed by atoms with Gasteiger partial charge in [0.15, 0.2) is 11.5 Å². The first-order valence-corrected chi connectivity index (χ1v) is 9.10. The van der Waals surface area contributed by atoms with Gasteiger partial charge in [0, 0.05) is 5.70 Å². The number of anilines is 1. The van der Waals surface area contributed by atoms with Crippen LogP contribution in [0.1, 0.15) is 24.1 Å². The number of benzene rings is 2. The molecule has 148 valence electrons. The molecule has 1 aliphatic heterocycles. The molecular weight excluding hydrogens is 370 g/mol. The first-order valence-electron chi connectivity index (χ1n) is 9.10. The lowest BCUT2D eigenvalue weighted by atomic mass is 9.95. The highest BCUT2D eigenvalue weighted by atomic mass is 16.5. The number of aromatic nitrogens is 3. The van der Waals surface area contributed by atoms with Crippen LogP contribution < -0.4 is 20.5 Å². The van der Waals surface area contributed by atoms with Crippen LogP contribution in [0.3, 0.4) is 0 Å². The molecule has 8 nitrogen and oxygen atoms in total. The van der Waals surface area contributed by atoms with Gasteiger partial charge >= 0.3 is 0 Å². The van der Waals surface area contributed by atoms with Gasteiger partial charge in [0.05, 0.1) is 12.7 Å². The van der Waals surface area contributed by atoms with E-state index < -0.39 is 11.9 Å². The van der Waals surface area contributed by atoms with Crippen molar-refractivity contribution in [2.24, 2.45) is 5.73 Å². The Labute approximate surface area is 168 Å². The minimum Gasteiger partial charge on any atom is -0.493 e. The second kappa shape index (κ2) is 7.67. The number of allylic oxidation sites excluding steroid dienone is 1. The zero-order chi connectivity index (χ0) is 20.4. The van der Waals surface area contributed by atoms with Crippen LogP contribution in [0.4, 0.5) is 5.95 Å². The van der Waals surface area contributed by atoms with Gasteiger partial charge in [0.25, 0.3) is 0 Å². The summed E-state index contributed by atoms with van der Waals surface area (Å²) in [5, 5.41) is 7.33. The monoisotopic (exact) mass is 391 g/mol. The van der Waals surface area contributed by atoms with Gasteiger partial charge in [-0.05, 0) is 30.2 Å². The number of nitrogens with one attached hydrogen (secondary N) is 1. The van der Waals surface area contributed by atoms with Gasteiger partial charge in [-0.25, -0.2) is 4.68 Å². The molecule has 0 radical (unpaired) electrons. The minimum atomic E-state index is -0.524. The highest BCUT2D eigenvalue weighted by Crippen LogP contribution is 2.38. The highest BCUT2D eigenvalue weighted by Gasteiger charge is 2.32. The lowest BCUT2D eigenvalue weighted by Crippen LogP contribution is -2.31. The second-order valence-electron chi connectivity index (χ2n) is 6.64. The van der Waals surface area contributed by atoms with Crippen LogP contribution in [-0.2, 0) is 11.4 Å². The Hall–Kier alpha value is -3.81. The molecule has 1 aromatic heterocycles. The maximum absolute atomic E-state index is 12.2. The van der Waals surface area contributed by atoms with E-state index in [0.717, 1.165) is 11.1 Å². The van der Waals surface area contributed by atoms with Crippen molar-refractivity contribution in [2.75, 3.05) is 12.4 Å². The van der Waals surface area contributed by atoms with Crippen LogP contribution in [0, 0.1) is 0 Å². The normalized spacial score (nSPS) is 15.4. The summed E-state index contributed by atoms with van der Waals surface area (Å²) in [6, 6.07) is 14.9. The van der Waals surface area contributed by atoms with E-state index in [0.29, 0.717) is 35.3 Å². The predicted molar refractivity (Wildman–Crippen MR) is 107 cm³/mol. The summed E-state index contributed by atoms with van der Waals surface area (Å²) >= 11 is 0. The number of fused-ring (bicyclic) bond motifs is 1. The summed E-state index contributed by atoms with van der Waals surface area (Å²) in [4.78, 5) is 16.4. The predicted octanol–water partition coefficient (Wildman–Crippen LogP) is 2.64. The van der Waals surface area contributed by atoms with Crippen LogP contribution in [-0.4, -0.2) is 27.8 Å². The molecule has 0 aliphatic carbocycles. The van der Waals surface area contributed by atoms with Gasteiger partial charge in [0.2, 0.25) is 11.9 Å². The van der Waals surface area contributed by atoms with Crippen molar-refractivity contribution in [1.29, 1.82) is 0 Å². The van der Waals surface area contributed by atoms with Crippen molar-refractivity contribution in [3.63, 3.8) is 0 Å². The molecule has 0 unspecified atom stereocenters. The van der Waals surface area contributed by atoms with Crippen LogP contribution in [0.25, 0.3) is 0 Å². The van der Waals surface area contributed by atoms with E-state index in [1.165, 1.54) is 6.33 Å². The maximum atomic E-state index is 12.2. The zero-order valence-electron chi connectivity index (χ0n) is 16.1. The van der Waals surface area contributed by atoms with Gasteiger partial charge < -0.3 is 20.5 Å². The molecule has 0 spiro atoms. The number of amides is 1. The highest BCUT2D eigenvalue weighted by molar-refractivity contribution is 5.95. The fourth-order valence-corrected chi connectivity index (χ4v) is 3.43. The summed E-state index contributed by atoms with van der Waals surface area (Å²) in [5.41, 5.74) is 8.58. The number of ether oxygens (including phenoxy) is 2. The zero-order valence-corrected chi connectivity index (χ0v) is 16.1. The van der Waals surface area contributed by atoms with Crippen molar-refractivity contribution in [2.45, 2.75) is 19.6 Å². The maximum Gasteiger partial charge on any atom is 0.248 e. The molecule has 2 heterocycles. The van der Waals surface area contributed by atoms with Gasteiger partial charge in [-0.2, -0.15) is 10.1 Å². The Bertz CT molecular complexity index is 1070. The van der Waals surface area contributed by atoms with Crippen LogP contribution in [0.5, 0.6) is 11.5 Å². The second-order valence-corrected chi connectivity index (χ2v) is 6.64. The topological polar surface area (TPSA) is 104 Å². The lowest BCUT2D eigenvalue weighted by Gasteiger charge is -2.28. The minimum absolute atomic E-state index is 0.419.